The average molecular weight is 232 g/mol. The lowest BCUT2D eigenvalue weighted by Gasteiger charge is -2.15. The van der Waals surface area contributed by atoms with Crippen molar-refractivity contribution in [2.75, 3.05) is 11.5 Å². The third kappa shape index (κ3) is 1.69. The Kier molecular flexibility index (Phi) is 2.36. The van der Waals surface area contributed by atoms with E-state index in [2.05, 4.69) is 23.4 Å². The number of nitrogen functional groups attached to an aromatic ring is 1. The van der Waals surface area contributed by atoms with Crippen LogP contribution in [0.3, 0.4) is 0 Å². The van der Waals surface area contributed by atoms with E-state index in [9.17, 15) is 0 Å². The summed E-state index contributed by atoms with van der Waals surface area (Å²) in [5.74, 6) is 2.38. The summed E-state index contributed by atoms with van der Waals surface area (Å²) in [6.45, 7) is 0. The molecule has 4 heteroatoms. The molecular formula is C12H12N2OS. The Balaban J connectivity index is 2.02. The number of aromatic nitrogens is 1. The van der Waals surface area contributed by atoms with E-state index in [0.717, 1.165) is 11.3 Å². The molecular weight excluding hydrogens is 220 g/mol. The van der Waals surface area contributed by atoms with Gasteiger partial charge in [0.2, 0.25) is 0 Å². The molecule has 0 atom stereocenters. The van der Waals surface area contributed by atoms with Crippen LogP contribution in [-0.2, 0) is 6.42 Å². The highest BCUT2D eigenvalue weighted by atomic mass is 32.2. The van der Waals surface area contributed by atoms with Crippen LogP contribution >= 0.6 is 11.8 Å². The lowest BCUT2D eigenvalue weighted by molar-refractivity contribution is 0.435. The molecule has 0 fully saturated rings. The van der Waals surface area contributed by atoms with Gasteiger partial charge in [-0.25, -0.2) is 0 Å². The lowest BCUT2D eigenvalue weighted by atomic mass is 10.1. The van der Waals surface area contributed by atoms with Gasteiger partial charge in [-0.05, 0) is 30.2 Å². The lowest BCUT2D eigenvalue weighted by Crippen LogP contribution is -1.97. The Morgan fingerprint density at radius 2 is 2.25 bits per heavy atom. The number of nitrogens with zero attached hydrogens (tertiary/aromatic N) is 1. The van der Waals surface area contributed by atoms with Crippen molar-refractivity contribution in [2.24, 2.45) is 0 Å². The Morgan fingerprint density at radius 3 is 3.06 bits per heavy atom. The average Bonchev–Trinajstić information content (AvgIpc) is 2.75. The molecule has 0 bridgehead atoms. The molecule has 2 heterocycles. The number of hydrogen-bond donors (Lipinski definition) is 1. The van der Waals surface area contributed by atoms with Crippen molar-refractivity contribution in [2.45, 2.75) is 17.7 Å². The minimum atomic E-state index is 0.431. The zero-order valence-electron chi connectivity index (χ0n) is 8.77. The first-order valence-electron chi connectivity index (χ1n) is 5.31. The molecule has 0 unspecified atom stereocenters. The summed E-state index contributed by atoms with van der Waals surface area (Å²) in [5.41, 5.74) is 8.03. The number of benzene rings is 1. The van der Waals surface area contributed by atoms with Crippen molar-refractivity contribution in [1.82, 2.24) is 5.16 Å². The van der Waals surface area contributed by atoms with Gasteiger partial charge in [0.15, 0.2) is 11.6 Å². The molecule has 0 saturated carbocycles. The van der Waals surface area contributed by atoms with E-state index >= 15 is 0 Å². The highest BCUT2D eigenvalue weighted by Gasteiger charge is 2.12. The molecule has 1 aromatic heterocycles. The molecule has 2 N–H and O–H groups in total. The summed E-state index contributed by atoms with van der Waals surface area (Å²) in [5, 5.41) is 3.70. The predicted octanol–water partition coefficient (Wildman–Crippen LogP) is 2.96. The normalized spacial score (nSPS) is 14.8. The maximum atomic E-state index is 5.54. The van der Waals surface area contributed by atoms with Crippen LogP contribution in [0.15, 0.2) is 33.7 Å². The van der Waals surface area contributed by atoms with E-state index < -0.39 is 0 Å². The van der Waals surface area contributed by atoms with Gasteiger partial charge < -0.3 is 10.3 Å². The molecule has 1 aromatic carbocycles. The second kappa shape index (κ2) is 3.87. The number of fused-ring (bicyclic) bond motifs is 1. The van der Waals surface area contributed by atoms with Gasteiger partial charge in [-0.15, -0.1) is 11.8 Å². The first-order valence-corrected chi connectivity index (χ1v) is 6.30. The van der Waals surface area contributed by atoms with Crippen LogP contribution in [-0.4, -0.2) is 10.9 Å². The first-order chi connectivity index (χ1) is 7.83. The number of nitrogens with two attached hydrogens (primary N) is 1. The summed E-state index contributed by atoms with van der Waals surface area (Å²) in [6.07, 6.45) is 2.45. The molecule has 3 rings (SSSR count). The van der Waals surface area contributed by atoms with Crippen molar-refractivity contribution in [3.05, 3.63) is 29.8 Å². The molecule has 0 spiro atoms. The van der Waals surface area contributed by atoms with E-state index in [1.54, 1.807) is 6.07 Å². The van der Waals surface area contributed by atoms with Gasteiger partial charge in [-0.1, -0.05) is 17.3 Å². The molecule has 3 nitrogen and oxygen atoms in total. The highest BCUT2D eigenvalue weighted by Crippen LogP contribution is 2.33. The van der Waals surface area contributed by atoms with Gasteiger partial charge in [0.25, 0.3) is 0 Å². The quantitative estimate of drug-likeness (QED) is 0.821. The Hall–Kier alpha value is -1.42. The minimum absolute atomic E-state index is 0.431. The Morgan fingerprint density at radius 1 is 1.31 bits per heavy atom. The molecule has 0 radical (unpaired) electrons. The van der Waals surface area contributed by atoms with E-state index in [4.69, 9.17) is 10.3 Å². The van der Waals surface area contributed by atoms with Crippen LogP contribution in [0.2, 0.25) is 0 Å². The molecule has 82 valence electrons. The zero-order chi connectivity index (χ0) is 11.0. The van der Waals surface area contributed by atoms with Gasteiger partial charge in [0.1, 0.15) is 0 Å². The monoisotopic (exact) mass is 232 g/mol. The molecule has 2 aromatic rings. The molecule has 16 heavy (non-hydrogen) atoms. The number of aryl methyl sites for hydroxylation is 1. The standard InChI is InChI=1S/C12H12N2OS/c13-12-7-10(15-14-12)9-4-3-8-2-1-5-16-11(8)6-9/h3-4,6-7H,1-2,5H2,(H2,13,14). The van der Waals surface area contributed by atoms with Gasteiger partial charge >= 0.3 is 0 Å². The minimum Gasteiger partial charge on any atom is -0.381 e. The molecule has 1 aliphatic heterocycles. The third-order valence-corrected chi connectivity index (χ3v) is 3.91. The van der Waals surface area contributed by atoms with Gasteiger partial charge in [-0.3, -0.25) is 0 Å². The molecule has 0 saturated heterocycles. The predicted molar refractivity (Wildman–Crippen MR) is 65.4 cm³/mol. The second-order valence-electron chi connectivity index (χ2n) is 3.89. The smallest absolute Gasteiger partial charge is 0.169 e. The number of anilines is 1. The third-order valence-electron chi connectivity index (χ3n) is 2.73. The van der Waals surface area contributed by atoms with Crippen molar-refractivity contribution in [3.63, 3.8) is 0 Å². The number of thioether (sulfide) groups is 1. The highest BCUT2D eigenvalue weighted by molar-refractivity contribution is 7.99. The SMILES string of the molecule is Nc1cc(-c2ccc3c(c2)SCCC3)on1. The van der Waals surface area contributed by atoms with E-state index in [1.807, 2.05) is 11.8 Å². The topological polar surface area (TPSA) is 52.0 Å². The summed E-state index contributed by atoms with van der Waals surface area (Å²) in [4.78, 5) is 1.36. The zero-order valence-corrected chi connectivity index (χ0v) is 9.59. The summed E-state index contributed by atoms with van der Waals surface area (Å²) >= 11 is 1.91. The van der Waals surface area contributed by atoms with Gasteiger partial charge in [0, 0.05) is 16.5 Å². The fraction of sp³-hybridized carbons (Fsp3) is 0.250. The fourth-order valence-corrected chi connectivity index (χ4v) is 2.99. The van der Waals surface area contributed by atoms with E-state index in [1.165, 1.54) is 29.1 Å². The fourth-order valence-electron chi connectivity index (χ4n) is 1.92. The van der Waals surface area contributed by atoms with Crippen molar-refractivity contribution >= 4 is 17.6 Å². The molecule has 0 amide bonds. The van der Waals surface area contributed by atoms with Crippen LogP contribution in [0.4, 0.5) is 5.82 Å². The van der Waals surface area contributed by atoms with Crippen LogP contribution in [0, 0.1) is 0 Å². The maximum absolute atomic E-state index is 5.54. The second-order valence-corrected chi connectivity index (χ2v) is 5.03. The van der Waals surface area contributed by atoms with Crippen molar-refractivity contribution in [3.8, 4) is 11.3 Å². The van der Waals surface area contributed by atoms with E-state index in [-0.39, 0.29) is 0 Å². The Labute approximate surface area is 98.0 Å². The summed E-state index contributed by atoms with van der Waals surface area (Å²) in [7, 11) is 0. The largest absolute Gasteiger partial charge is 0.381 e. The summed E-state index contributed by atoms with van der Waals surface area (Å²) in [6, 6.07) is 8.18. The van der Waals surface area contributed by atoms with Crippen LogP contribution in [0.25, 0.3) is 11.3 Å². The number of hydrogen-bond acceptors (Lipinski definition) is 4. The Bertz CT molecular complexity index is 521. The van der Waals surface area contributed by atoms with Crippen LogP contribution < -0.4 is 5.73 Å². The van der Waals surface area contributed by atoms with Gasteiger partial charge in [0.05, 0.1) is 0 Å². The first kappa shape index (κ1) is 9.78. The number of rotatable bonds is 1. The molecule has 0 aliphatic carbocycles. The van der Waals surface area contributed by atoms with Crippen LogP contribution in [0.5, 0.6) is 0 Å². The van der Waals surface area contributed by atoms with Crippen LogP contribution in [0.1, 0.15) is 12.0 Å². The van der Waals surface area contributed by atoms with Crippen molar-refractivity contribution < 1.29 is 4.52 Å². The summed E-state index contributed by atoms with van der Waals surface area (Å²) < 4.78 is 5.16. The van der Waals surface area contributed by atoms with E-state index in [0.29, 0.717) is 5.82 Å². The molecule has 1 aliphatic rings. The van der Waals surface area contributed by atoms with Gasteiger partial charge in [-0.2, -0.15) is 0 Å². The maximum Gasteiger partial charge on any atom is 0.169 e. The van der Waals surface area contributed by atoms with Crippen molar-refractivity contribution in [1.29, 1.82) is 0 Å².